The van der Waals surface area contributed by atoms with Crippen LogP contribution in [-0.4, -0.2) is 5.91 Å². The zero-order chi connectivity index (χ0) is 8.59. The Hall–Kier alpha value is -0.380. The van der Waals surface area contributed by atoms with Crippen molar-refractivity contribution < 1.29 is 9.21 Å². The van der Waals surface area contributed by atoms with Gasteiger partial charge in [-0.1, -0.05) is 23.2 Å². The fourth-order valence-electron chi connectivity index (χ4n) is 0.524. The molecule has 3 nitrogen and oxygen atoms in total. The van der Waals surface area contributed by atoms with Crippen LogP contribution in [0.25, 0.3) is 0 Å². The van der Waals surface area contributed by atoms with Crippen LogP contribution in [0.5, 0.6) is 0 Å². The third-order valence-corrected chi connectivity index (χ3v) is 2.16. The molecule has 0 fully saturated rings. The van der Waals surface area contributed by atoms with Gasteiger partial charge in [-0.25, -0.2) is 0 Å². The summed E-state index contributed by atoms with van der Waals surface area (Å²) in [5.74, 6) is -1.02. The maximum atomic E-state index is 10.5. The Bertz CT molecular complexity index is 307. The lowest BCUT2D eigenvalue weighted by Gasteiger charge is -1.85. The highest BCUT2D eigenvalue weighted by atomic mass is 35.5. The number of halogens is 3. The van der Waals surface area contributed by atoms with Crippen molar-refractivity contribution in [1.82, 2.24) is 0 Å². The molecule has 0 bridgehead atoms. The highest BCUT2D eigenvalue weighted by Crippen LogP contribution is 2.35. The molecule has 0 aliphatic heterocycles. The summed E-state index contributed by atoms with van der Waals surface area (Å²) < 4.78 is 4.63. The van der Waals surface area contributed by atoms with Gasteiger partial charge in [-0.05, 0) is 11.6 Å². The number of hydrogen-bond acceptors (Lipinski definition) is 2. The maximum absolute atomic E-state index is 10.5. The minimum atomic E-state index is -0.802. The maximum Gasteiger partial charge on any atom is 0.286 e. The van der Waals surface area contributed by atoms with Gasteiger partial charge >= 0.3 is 0 Å². The quantitative estimate of drug-likeness (QED) is 0.780. The average molecular weight is 214 g/mol. The molecule has 11 heavy (non-hydrogen) atoms. The standard InChI is InChI=1S/C5H2Cl3NO2/c6-1-2(7)4(8)11-3(1)5(9)10/h(H2,9,10). The molecule has 0 atom stereocenters. The van der Waals surface area contributed by atoms with Gasteiger partial charge in [0.05, 0.1) is 0 Å². The Morgan fingerprint density at radius 1 is 1.27 bits per heavy atom. The van der Waals surface area contributed by atoms with Crippen molar-refractivity contribution in [2.24, 2.45) is 5.73 Å². The molecule has 60 valence electrons. The molecule has 0 aliphatic rings. The van der Waals surface area contributed by atoms with Crippen LogP contribution in [0, 0.1) is 0 Å². The van der Waals surface area contributed by atoms with Gasteiger partial charge in [0.1, 0.15) is 10.0 Å². The molecule has 1 rings (SSSR count). The highest BCUT2D eigenvalue weighted by Gasteiger charge is 2.19. The van der Waals surface area contributed by atoms with Crippen molar-refractivity contribution in [2.45, 2.75) is 0 Å². The lowest BCUT2D eigenvalue weighted by molar-refractivity contribution is 0.0974. The zero-order valence-corrected chi connectivity index (χ0v) is 7.30. The van der Waals surface area contributed by atoms with E-state index in [2.05, 4.69) is 4.42 Å². The Labute approximate surface area is 77.0 Å². The zero-order valence-electron chi connectivity index (χ0n) is 5.03. The lowest BCUT2D eigenvalue weighted by Crippen LogP contribution is -2.09. The summed E-state index contributed by atoms with van der Waals surface area (Å²) in [5.41, 5.74) is 4.86. The van der Waals surface area contributed by atoms with Crippen LogP contribution < -0.4 is 5.73 Å². The molecule has 0 saturated heterocycles. The Balaban J connectivity index is 3.29. The average Bonchev–Trinajstić information content (AvgIpc) is 2.17. The van der Waals surface area contributed by atoms with Gasteiger partial charge in [-0.15, -0.1) is 0 Å². The predicted molar refractivity (Wildman–Crippen MR) is 42.3 cm³/mol. The topological polar surface area (TPSA) is 56.2 Å². The number of amides is 1. The molecular formula is C5H2Cl3NO2. The smallest absolute Gasteiger partial charge is 0.286 e. The molecule has 0 aliphatic carbocycles. The first-order chi connectivity index (χ1) is 5.04. The predicted octanol–water partition coefficient (Wildman–Crippen LogP) is 2.34. The normalized spacial score (nSPS) is 10.1. The van der Waals surface area contributed by atoms with E-state index in [9.17, 15) is 4.79 Å². The van der Waals surface area contributed by atoms with Crippen molar-refractivity contribution in [3.05, 3.63) is 21.0 Å². The van der Waals surface area contributed by atoms with E-state index < -0.39 is 5.91 Å². The van der Waals surface area contributed by atoms with E-state index in [1.165, 1.54) is 0 Å². The van der Waals surface area contributed by atoms with Gasteiger partial charge in [0, 0.05) is 0 Å². The minimum absolute atomic E-state index is 0.00198. The van der Waals surface area contributed by atoms with E-state index in [-0.39, 0.29) is 21.0 Å². The SMILES string of the molecule is NC(=O)c1oc(Cl)c(Cl)c1Cl. The van der Waals surface area contributed by atoms with E-state index in [0.29, 0.717) is 0 Å². The Morgan fingerprint density at radius 3 is 2.00 bits per heavy atom. The molecule has 0 unspecified atom stereocenters. The second kappa shape index (κ2) is 2.93. The molecule has 0 saturated carbocycles. The van der Waals surface area contributed by atoms with Gasteiger partial charge < -0.3 is 10.2 Å². The van der Waals surface area contributed by atoms with Gasteiger partial charge in [0.15, 0.2) is 0 Å². The number of furan rings is 1. The van der Waals surface area contributed by atoms with E-state index in [1.54, 1.807) is 0 Å². The third kappa shape index (κ3) is 1.45. The largest absolute Gasteiger partial charge is 0.436 e. The molecule has 6 heteroatoms. The van der Waals surface area contributed by atoms with Crippen LogP contribution in [0.3, 0.4) is 0 Å². The molecule has 0 spiro atoms. The summed E-state index contributed by atoms with van der Waals surface area (Å²) in [4.78, 5) is 10.5. The van der Waals surface area contributed by atoms with E-state index in [4.69, 9.17) is 40.5 Å². The van der Waals surface area contributed by atoms with Gasteiger partial charge in [-0.3, -0.25) is 4.79 Å². The summed E-state index contributed by atoms with van der Waals surface area (Å²) in [6, 6.07) is 0. The molecule has 0 aromatic carbocycles. The summed E-state index contributed by atoms with van der Waals surface area (Å²) in [6.45, 7) is 0. The van der Waals surface area contributed by atoms with E-state index in [1.807, 2.05) is 0 Å². The number of rotatable bonds is 1. The number of carbonyl (C=O) groups excluding carboxylic acids is 1. The summed E-state index contributed by atoms with van der Waals surface area (Å²) in [6.07, 6.45) is 0. The van der Waals surface area contributed by atoms with Gasteiger partial charge in [0.25, 0.3) is 5.91 Å². The van der Waals surface area contributed by atoms with Crippen molar-refractivity contribution in [3.63, 3.8) is 0 Å². The summed E-state index contributed by atoms with van der Waals surface area (Å²) in [5, 5.41) is -0.184. The number of primary amides is 1. The molecule has 2 N–H and O–H groups in total. The van der Waals surface area contributed by atoms with Gasteiger partial charge in [0.2, 0.25) is 11.0 Å². The summed E-state index contributed by atoms with van der Waals surface area (Å²) >= 11 is 16.4. The Kier molecular flexibility index (Phi) is 2.32. The number of nitrogens with two attached hydrogens (primary N) is 1. The molecule has 0 radical (unpaired) electrons. The molecule has 1 aromatic rings. The number of hydrogen-bond donors (Lipinski definition) is 1. The monoisotopic (exact) mass is 213 g/mol. The molecule has 1 heterocycles. The van der Waals surface area contributed by atoms with Crippen LogP contribution in [0.15, 0.2) is 4.42 Å². The van der Waals surface area contributed by atoms with Crippen molar-refractivity contribution >= 4 is 40.7 Å². The van der Waals surface area contributed by atoms with Crippen molar-refractivity contribution in [1.29, 1.82) is 0 Å². The highest BCUT2D eigenvalue weighted by molar-refractivity contribution is 6.48. The first kappa shape index (κ1) is 8.71. The van der Waals surface area contributed by atoms with Crippen molar-refractivity contribution in [3.8, 4) is 0 Å². The van der Waals surface area contributed by atoms with Crippen LogP contribution in [0.1, 0.15) is 10.6 Å². The lowest BCUT2D eigenvalue weighted by atomic mass is 10.4. The molecular weight excluding hydrogens is 212 g/mol. The Morgan fingerprint density at radius 2 is 1.82 bits per heavy atom. The summed E-state index contributed by atoms with van der Waals surface area (Å²) in [7, 11) is 0. The van der Waals surface area contributed by atoms with Gasteiger partial charge in [-0.2, -0.15) is 0 Å². The van der Waals surface area contributed by atoms with Crippen LogP contribution in [0.2, 0.25) is 15.3 Å². The first-order valence-corrected chi connectivity index (χ1v) is 3.60. The fourth-order valence-corrected chi connectivity index (χ4v) is 1.09. The van der Waals surface area contributed by atoms with E-state index >= 15 is 0 Å². The second-order valence-corrected chi connectivity index (χ2v) is 2.80. The van der Waals surface area contributed by atoms with Crippen LogP contribution >= 0.6 is 34.8 Å². The second-order valence-electron chi connectivity index (χ2n) is 1.70. The molecule has 1 amide bonds. The minimum Gasteiger partial charge on any atom is -0.436 e. The first-order valence-electron chi connectivity index (χ1n) is 2.47. The third-order valence-electron chi connectivity index (χ3n) is 0.980. The fraction of sp³-hybridized carbons (Fsp3) is 0. The van der Waals surface area contributed by atoms with Crippen molar-refractivity contribution in [2.75, 3.05) is 0 Å². The number of carbonyl (C=O) groups is 1. The van der Waals surface area contributed by atoms with Crippen LogP contribution in [-0.2, 0) is 0 Å². The van der Waals surface area contributed by atoms with Crippen LogP contribution in [0.4, 0.5) is 0 Å². The molecule has 1 aromatic heterocycles. The van der Waals surface area contributed by atoms with E-state index in [0.717, 1.165) is 0 Å².